The van der Waals surface area contributed by atoms with Gasteiger partial charge in [-0.3, -0.25) is 9.03 Å². The van der Waals surface area contributed by atoms with Gasteiger partial charge in [-0.05, 0) is 76.1 Å². The van der Waals surface area contributed by atoms with Crippen molar-refractivity contribution in [3.05, 3.63) is 42.5 Å². The third-order valence-corrected chi connectivity index (χ3v) is 8.67. The van der Waals surface area contributed by atoms with Gasteiger partial charge >= 0.3 is 0 Å². The standard InChI is InChI=1S/C22H31N3O5S2/c1-4-24(5-2)19-11-9-18(10-12-19)23-32(28,29)22-17-20(13-14-21(22)30-6-3)25-15-7-8-16-31(25,26)27/h9-14,17,23H,4-8,15-16H2,1-3H3. The van der Waals surface area contributed by atoms with Gasteiger partial charge in [-0.1, -0.05) is 0 Å². The molecule has 0 aromatic heterocycles. The fraction of sp³-hybridized carbons (Fsp3) is 0.455. The highest BCUT2D eigenvalue weighted by atomic mass is 32.2. The molecule has 0 spiro atoms. The van der Waals surface area contributed by atoms with E-state index in [0.29, 0.717) is 24.3 Å². The second kappa shape index (κ2) is 9.99. The summed E-state index contributed by atoms with van der Waals surface area (Å²) in [5, 5.41) is 0. The summed E-state index contributed by atoms with van der Waals surface area (Å²) in [5.41, 5.74) is 1.75. The Balaban J connectivity index is 1.95. The number of anilines is 3. The third kappa shape index (κ3) is 5.29. The first-order valence-corrected chi connectivity index (χ1v) is 14.0. The van der Waals surface area contributed by atoms with E-state index in [1.807, 2.05) is 12.1 Å². The van der Waals surface area contributed by atoms with Crippen molar-refractivity contribution in [2.24, 2.45) is 0 Å². The molecule has 2 aromatic carbocycles. The number of benzene rings is 2. The zero-order valence-corrected chi connectivity index (χ0v) is 20.4. The van der Waals surface area contributed by atoms with Gasteiger partial charge in [-0.15, -0.1) is 0 Å². The molecule has 176 valence electrons. The Labute approximate surface area is 191 Å². The Kier molecular flexibility index (Phi) is 7.55. The average molecular weight is 482 g/mol. The third-order valence-electron chi connectivity index (χ3n) is 5.40. The summed E-state index contributed by atoms with van der Waals surface area (Å²) < 4.78 is 60.9. The van der Waals surface area contributed by atoms with Crippen molar-refractivity contribution in [1.29, 1.82) is 0 Å². The molecule has 32 heavy (non-hydrogen) atoms. The van der Waals surface area contributed by atoms with Crippen molar-refractivity contribution in [3.63, 3.8) is 0 Å². The van der Waals surface area contributed by atoms with E-state index in [1.165, 1.54) is 16.4 Å². The number of ether oxygens (including phenoxy) is 1. The number of hydrogen-bond acceptors (Lipinski definition) is 6. The fourth-order valence-electron chi connectivity index (χ4n) is 3.75. The van der Waals surface area contributed by atoms with Crippen LogP contribution in [0.15, 0.2) is 47.4 Å². The SMILES string of the molecule is CCOc1ccc(N2CCCCS2(=O)=O)cc1S(=O)(=O)Nc1ccc(N(CC)CC)cc1. The van der Waals surface area contributed by atoms with Crippen LogP contribution in [-0.4, -0.2) is 48.8 Å². The first kappa shape index (κ1) is 24.2. The van der Waals surface area contributed by atoms with Crippen LogP contribution in [0.2, 0.25) is 0 Å². The molecular weight excluding hydrogens is 450 g/mol. The van der Waals surface area contributed by atoms with E-state index in [1.54, 1.807) is 25.1 Å². The lowest BCUT2D eigenvalue weighted by Crippen LogP contribution is -2.37. The fourth-order valence-corrected chi connectivity index (χ4v) is 6.61. The zero-order chi connectivity index (χ0) is 23.4. The number of sulfonamides is 2. The minimum atomic E-state index is -4.02. The van der Waals surface area contributed by atoms with E-state index in [0.717, 1.165) is 25.2 Å². The topological polar surface area (TPSA) is 96.0 Å². The molecule has 0 aliphatic carbocycles. The Morgan fingerprint density at radius 3 is 2.31 bits per heavy atom. The largest absolute Gasteiger partial charge is 0.492 e. The summed E-state index contributed by atoms with van der Waals surface area (Å²) in [5.74, 6) is 0.234. The van der Waals surface area contributed by atoms with Crippen LogP contribution in [0.4, 0.5) is 17.1 Å². The maximum atomic E-state index is 13.3. The normalized spacial score (nSPS) is 15.9. The molecule has 0 atom stereocenters. The molecular formula is C22H31N3O5S2. The predicted octanol–water partition coefficient (Wildman–Crippen LogP) is 3.66. The highest BCUT2D eigenvalue weighted by Gasteiger charge is 2.29. The van der Waals surface area contributed by atoms with Crippen LogP contribution < -0.4 is 18.7 Å². The zero-order valence-electron chi connectivity index (χ0n) is 18.7. The van der Waals surface area contributed by atoms with Crippen molar-refractivity contribution in [1.82, 2.24) is 0 Å². The van der Waals surface area contributed by atoms with Gasteiger partial charge in [-0.2, -0.15) is 0 Å². The second-order valence-electron chi connectivity index (χ2n) is 7.48. The molecule has 1 fully saturated rings. The van der Waals surface area contributed by atoms with Gasteiger partial charge in [0.1, 0.15) is 10.6 Å². The second-order valence-corrected chi connectivity index (χ2v) is 11.1. The van der Waals surface area contributed by atoms with E-state index >= 15 is 0 Å². The van der Waals surface area contributed by atoms with Crippen molar-refractivity contribution < 1.29 is 21.6 Å². The highest BCUT2D eigenvalue weighted by molar-refractivity contribution is 7.93. The average Bonchev–Trinajstić information content (AvgIpc) is 2.76. The summed E-state index contributed by atoms with van der Waals surface area (Å²) >= 11 is 0. The monoisotopic (exact) mass is 481 g/mol. The van der Waals surface area contributed by atoms with Crippen LogP contribution in [-0.2, 0) is 20.0 Å². The number of rotatable bonds is 9. The summed E-state index contributed by atoms with van der Waals surface area (Å²) in [4.78, 5) is 2.07. The molecule has 1 aliphatic rings. The molecule has 0 saturated carbocycles. The van der Waals surface area contributed by atoms with Crippen LogP contribution in [0.1, 0.15) is 33.6 Å². The summed E-state index contributed by atoms with van der Waals surface area (Å²) in [7, 11) is -7.49. The van der Waals surface area contributed by atoms with Crippen LogP contribution >= 0.6 is 0 Å². The van der Waals surface area contributed by atoms with Gasteiger partial charge in [0.2, 0.25) is 10.0 Å². The molecule has 1 saturated heterocycles. The predicted molar refractivity (Wildman–Crippen MR) is 129 cm³/mol. The highest BCUT2D eigenvalue weighted by Crippen LogP contribution is 2.33. The Hall–Kier alpha value is -2.46. The lowest BCUT2D eigenvalue weighted by molar-refractivity contribution is 0.331. The van der Waals surface area contributed by atoms with Crippen molar-refractivity contribution in [3.8, 4) is 5.75 Å². The maximum Gasteiger partial charge on any atom is 0.265 e. The van der Waals surface area contributed by atoms with E-state index < -0.39 is 20.0 Å². The minimum absolute atomic E-state index is 0.0550. The lowest BCUT2D eigenvalue weighted by atomic mass is 10.2. The van der Waals surface area contributed by atoms with E-state index in [4.69, 9.17) is 4.74 Å². The van der Waals surface area contributed by atoms with Gasteiger partial charge < -0.3 is 9.64 Å². The van der Waals surface area contributed by atoms with Crippen molar-refractivity contribution in [2.75, 3.05) is 45.9 Å². The van der Waals surface area contributed by atoms with Crippen LogP contribution in [0.5, 0.6) is 5.75 Å². The van der Waals surface area contributed by atoms with E-state index in [2.05, 4.69) is 23.5 Å². The number of nitrogens with one attached hydrogen (secondary N) is 1. The van der Waals surface area contributed by atoms with Gasteiger partial charge in [0.15, 0.2) is 0 Å². The molecule has 1 aliphatic heterocycles. The molecule has 2 aromatic rings. The van der Waals surface area contributed by atoms with Gasteiger partial charge in [0.25, 0.3) is 10.0 Å². The summed E-state index contributed by atoms with van der Waals surface area (Å²) in [6.45, 7) is 8.20. The van der Waals surface area contributed by atoms with Crippen LogP contribution in [0.3, 0.4) is 0 Å². The number of hydrogen-bond donors (Lipinski definition) is 1. The molecule has 0 bridgehead atoms. The number of nitrogens with zero attached hydrogens (tertiary/aromatic N) is 2. The molecule has 1 heterocycles. The lowest BCUT2D eigenvalue weighted by Gasteiger charge is -2.29. The minimum Gasteiger partial charge on any atom is -0.492 e. The Morgan fingerprint density at radius 1 is 1.03 bits per heavy atom. The Bertz CT molecular complexity index is 1130. The Morgan fingerprint density at radius 2 is 1.72 bits per heavy atom. The van der Waals surface area contributed by atoms with Gasteiger partial charge in [-0.25, -0.2) is 16.8 Å². The first-order chi connectivity index (χ1) is 15.2. The van der Waals surface area contributed by atoms with E-state index in [9.17, 15) is 16.8 Å². The van der Waals surface area contributed by atoms with Crippen molar-refractivity contribution in [2.45, 2.75) is 38.5 Å². The molecule has 0 unspecified atom stereocenters. The molecule has 8 nitrogen and oxygen atoms in total. The molecule has 3 rings (SSSR count). The molecule has 0 radical (unpaired) electrons. The first-order valence-electron chi connectivity index (χ1n) is 10.9. The summed E-state index contributed by atoms with van der Waals surface area (Å²) in [6.07, 6.45) is 1.33. The maximum absolute atomic E-state index is 13.3. The molecule has 1 N–H and O–H groups in total. The smallest absolute Gasteiger partial charge is 0.265 e. The van der Waals surface area contributed by atoms with E-state index in [-0.39, 0.29) is 23.0 Å². The van der Waals surface area contributed by atoms with Gasteiger partial charge in [0.05, 0.1) is 18.0 Å². The quantitative estimate of drug-likeness (QED) is 0.587. The van der Waals surface area contributed by atoms with Crippen LogP contribution in [0.25, 0.3) is 0 Å². The summed E-state index contributed by atoms with van der Waals surface area (Å²) in [6, 6.07) is 11.6. The van der Waals surface area contributed by atoms with Crippen LogP contribution in [0, 0.1) is 0 Å². The molecule has 0 amide bonds. The van der Waals surface area contributed by atoms with Gasteiger partial charge in [0, 0.05) is 31.0 Å². The molecule has 10 heteroatoms. The van der Waals surface area contributed by atoms with Crippen molar-refractivity contribution >= 4 is 37.1 Å².